The number of aryl methyl sites for hydroxylation is 1. The van der Waals surface area contributed by atoms with Crippen LogP contribution in [0.15, 0.2) is 42.6 Å². The average Bonchev–Trinajstić information content (AvgIpc) is 2.53. The Morgan fingerprint density at radius 2 is 1.95 bits per heavy atom. The standard InChI is InChI=1S/C18H18FN3/c1-3-13-12(2)22-16-9-5-4-7-14(16)18(13)21-11-17-15(19)8-6-10-20-17/h4-10H,3,11H2,1-2H3,(H,21,22). The number of nitrogens with zero attached hydrogens (tertiary/aromatic N) is 2. The van der Waals surface area contributed by atoms with E-state index < -0.39 is 0 Å². The van der Waals surface area contributed by atoms with Crippen molar-refractivity contribution in [3.05, 3.63) is 65.4 Å². The number of fused-ring (bicyclic) bond motifs is 1. The second-order valence-corrected chi connectivity index (χ2v) is 5.21. The van der Waals surface area contributed by atoms with Crippen LogP contribution in [0.4, 0.5) is 10.1 Å². The summed E-state index contributed by atoms with van der Waals surface area (Å²) in [5, 5.41) is 4.42. The number of rotatable bonds is 4. The lowest BCUT2D eigenvalue weighted by Gasteiger charge is -2.16. The molecule has 112 valence electrons. The largest absolute Gasteiger partial charge is 0.378 e. The Labute approximate surface area is 129 Å². The first kappa shape index (κ1) is 14.4. The minimum Gasteiger partial charge on any atom is -0.378 e. The van der Waals surface area contributed by atoms with Crippen LogP contribution in [0.5, 0.6) is 0 Å². The van der Waals surface area contributed by atoms with Gasteiger partial charge >= 0.3 is 0 Å². The van der Waals surface area contributed by atoms with Gasteiger partial charge in [0.05, 0.1) is 17.8 Å². The van der Waals surface area contributed by atoms with Crippen LogP contribution in [0.1, 0.15) is 23.9 Å². The molecule has 0 radical (unpaired) electrons. The van der Waals surface area contributed by atoms with Crippen LogP contribution in [-0.4, -0.2) is 9.97 Å². The first-order valence-electron chi connectivity index (χ1n) is 7.42. The zero-order valence-electron chi connectivity index (χ0n) is 12.7. The first-order chi connectivity index (χ1) is 10.7. The number of nitrogens with one attached hydrogen (secondary N) is 1. The van der Waals surface area contributed by atoms with Crippen molar-refractivity contribution in [2.75, 3.05) is 5.32 Å². The van der Waals surface area contributed by atoms with Gasteiger partial charge in [-0.2, -0.15) is 0 Å². The summed E-state index contributed by atoms with van der Waals surface area (Å²) in [7, 11) is 0. The van der Waals surface area contributed by atoms with Gasteiger partial charge in [-0.15, -0.1) is 0 Å². The third-order valence-electron chi connectivity index (χ3n) is 3.82. The van der Waals surface area contributed by atoms with E-state index in [2.05, 4.69) is 22.2 Å². The number of para-hydroxylation sites is 1. The molecular weight excluding hydrogens is 277 g/mol. The Morgan fingerprint density at radius 3 is 2.73 bits per heavy atom. The van der Waals surface area contributed by atoms with Crippen molar-refractivity contribution in [3.63, 3.8) is 0 Å². The predicted octanol–water partition coefficient (Wildman–Crippen LogP) is 4.25. The summed E-state index contributed by atoms with van der Waals surface area (Å²) in [5.41, 5.74) is 4.56. The van der Waals surface area contributed by atoms with Gasteiger partial charge in [-0.1, -0.05) is 25.1 Å². The molecule has 0 spiro atoms. The summed E-state index contributed by atoms with van der Waals surface area (Å²) in [6, 6.07) is 11.0. The van der Waals surface area contributed by atoms with E-state index >= 15 is 0 Å². The smallest absolute Gasteiger partial charge is 0.146 e. The second kappa shape index (κ2) is 6.10. The van der Waals surface area contributed by atoms with Crippen molar-refractivity contribution in [2.45, 2.75) is 26.8 Å². The second-order valence-electron chi connectivity index (χ2n) is 5.21. The number of halogens is 1. The van der Waals surface area contributed by atoms with Crippen LogP contribution < -0.4 is 5.32 Å². The Hall–Kier alpha value is -2.49. The quantitative estimate of drug-likeness (QED) is 0.782. The van der Waals surface area contributed by atoms with E-state index in [-0.39, 0.29) is 5.82 Å². The molecule has 3 aromatic rings. The molecule has 0 saturated carbocycles. The summed E-state index contributed by atoms with van der Waals surface area (Å²) in [6.07, 6.45) is 2.48. The highest BCUT2D eigenvalue weighted by Gasteiger charge is 2.12. The molecule has 0 bridgehead atoms. The molecule has 3 nitrogen and oxygen atoms in total. The number of hydrogen-bond donors (Lipinski definition) is 1. The van der Waals surface area contributed by atoms with E-state index in [1.165, 1.54) is 6.07 Å². The highest BCUT2D eigenvalue weighted by Crippen LogP contribution is 2.29. The Bertz CT molecular complexity index is 815. The summed E-state index contributed by atoms with van der Waals surface area (Å²) in [4.78, 5) is 8.75. The molecule has 0 fully saturated rings. The zero-order chi connectivity index (χ0) is 15.5. The maximum absolute atomic E-state index is 13.8. The van der Waals surface area contributed by atoms with Crippen molar-refractivity contribution >= 4 is 16.6 Å². The summed E-state index contributed by atoms with van der Waals surface area (Å²) < 4.78 is 13.8. The molecule has 0 aliphatic rings. The average molecular weight is 295 g/mol. The highest BCUT2D eigenvalue weighted by molar-refractivity contribution is 5.93. The van der Waals surface area contributed by atoms with Gasteiger partial charge < -0.3 is 5.32 Å². The lowest BCUT2D eigenvalue weighted by molar-refractivity contribution is 0.602. The van der Waals surface area contributed by atoms with E-state index in [0.29, 0.717) is 12.2 Å². The van der Waals surface area contributed by atoms with Crippen molar-refractivity contribution in [1.82, 2.24) is 9.97 Å². The maximum atomic E-state index is 13.8. The predicted molar refractivity (Wildman–Crippen MR) is 87.4 cm³/mol. The number of benzene rings is 1. The van der Waals surface area contributed by atoms with E-state index in [1.54, 1.807) is 12.3 Å². The fourth-order valence-electron chi connectivity index (χ4n) is 2.73. The molecule has 3 rings (SSSR count). The molecule has 1 N–H and O–H groups in total. The third kappa shape index (κ3) is 2.64. The Kier molecular flexibility index (Phi) is 4.00. The van der Waals surface area contributed by atoms with Gasteiger partial charge in [0.1, 0.15) is 5.82 Å². The molecule has 0 atom stereocenters. The topological polar surface area (TPSA) is 37.8 Å². The van der Waals surface area contributed by atoms with Crippen molar-refractivity contribution in [3.8, 4) is 0 Å². The van der Waals surface area contributed by atoms with E-state index in [1.807, 2.05) is 31.2 Å². The molecule has 0 saturated heterocycles. The molecule has 22 heavy (non-hydrogen) atoms. The van der Waals surface area contributed by atoms with Gasteiger partial charge in [0.15, 0.2) is 0 Å². The highest BCUT2D eigenvalue weighted by atomic mass is 19.1. The van der Waals surface area contributed by atoms with E-state index in [0.717, 1.165) is 34.3 Å². The van der Waals surface area contributed by atoms with E-state index in [4.69, 9.17) is 0 Å². The monoisotopic (exact) mass is 295 g/mol. The van der Waals surface area contributed by atoms with Crippen molar-refractivity contribution in [2.24, 2.45) is 0 Å². The molecule has 0 amide bonds. The van der Waals surface area contributed by atoms with Gasteiger partial charge in [0.25, 0.3) is 0 Å². The molecule has 0 aliphatic heterocycles. The normalized spacial score (nSPS) is 10.9. The number of pyridine rings is 2. The Morgan fingerprint density at radius 1 is 1.14 bits per heavy atom. The third-order valence-corrected chi connectivity index (χ3v) is 3.82. The molecule has 2 aromatic heterocycles. The van der Waals surface area contributed by atoms with Gasteiger partial charge in [-0.3, -0.25) is 9.97 Å². The van der Waals surface area contributed by atoms with Crippen LogP contribution in [0.3, 0.4) is 0 Å². The molecule has 0 unspecified atom stereocenters. The Balaban J connectivity index is 2.03. The van der Waals surface area contributed by atoms with Crippen LogP contribution in [0.25, 0.3) is 10.9 Å². The fourth-order valence-corrected chi connectivity index (χ4v) is 2.73. The van der Waals surface area contributed by atoms with Crippen LogP contribution in [0.2, 0.25) is 0 Å². The zero-order valence-corrected chi connectivity index (χ0v) is 12.7. The molecule has 1 aromatic carbocycles. The van der Waals surface area contributed by atoms with Crippen LogP contribution in [0, 0.1) is 12.7 Å². The summed E-state index contributed by atoms with van der Waals surface area (Å²) in [6.45, 7) is 4.47. The number of hydrogen-bond acceptors (Lipinski definition) is 3. The molecule has 0 aliphatic carbocycles. The van der Waals surface area contributed by atoms with E-state index in [9.17, 15) is 4.39 Å². The molecular formula is C18H18FN3. The summed E-state index contributed by atoms with van der Waals surface area (Å²) in [5.74, 6) is -0.289. The van der Waals surface area contributed by atoms with Crippen molar-refractivity contribution < 1.29 is 4.39 Å². The lowest BCUT2D eigenvalue weighted by Crippen LogP contribution is -2.08. The minimum atomic E-state index is -0.289. The first-order valence-corrected chi connectivity index (χ1v) is 7.42. The van der Waals surface area contributed by atoms with Gasteiger partial charge in [-0.05, 0) is 37.1 Å². The van der Waals surface area contributed by atoms with Gasteiger partial charge in [0, 0.05) is 23.0 Å². The van der Waals surface area contributed by atoms with Crippen LogP contribution >= 0.6 is 0 Å². The van der Waals surface area contributed by atoms with Crippen LogP contribution in [-0.2, 0) is 13.0 Å². The van der Waals surface area contributed by atoms with Crippen molar-refractivity contribution in [1.29, 1.82) is 0 Å². The lowest BCUT2D eigenvalue weighted by atomic mass is 10.0. The fraction of sp³-hybridized carbons (Fsp3) is 0.222. The molecule has 2 heterocycles. The SMILES string of the molecule is CCc1c(C)nc2ccccc2c1NCc1ncccc1F. The molecule has 4 heteroatoms. The van der Waals surface area contributed by atoms with Gasteiger partial charge in [0.2, 0.25) is 0 Å². The number of anilines is 1. The maximum Gasteiger partial charge on any atom is 0.146 e. The minimum absolute atomic E-state index is 0.289. The van der Waals surface area contributed by atoms with Gasteiger partial charge in [-0.25, -0.2) is 4.39 Å². The number of aromatic nitrogens is 2. The summed E-state index contributed by atoms with van der Waals surface area (Å²) >= 11 is 0.